The summed E-state index contributed by atoms with van der Waals surface area (Å²) in [5.41, 5.74) is 1.51. The van der Waals surface area contributed by atoms with Crippen molar-refractivity contribution in [3.63, 3.8) is 0 Å². The first-order chi connectivity index (χ1) is 10.1. The molecule has 0 amide bonds. The van der Waals surface area contributed by atoms with Crippen LogP contribution >= 0.6 is 23.2 Å². The molecule has 0 aliphatic heterocycles. The van der Waals surface area contributed by atoms with Gasteiger partial charge in [0.25, 0.3) is 5.56 Å². The van der Waals surface area contributed by atoms with Crippen LogP contribution in [-0.2, 0) is 0 Å². The predicted molar refractivity (Wildman–Crippen MR) is 83.5 cm³/mol. The summed E-state index contributed by atoms with van der Waals surface area (Å²) >= 11 is 11.9. The molecule has 0 fully saturated rings. The molecular weight excluding hydrogens is 309 g/mol. The highest BCUT2D eigenvalue weighted by atomic mass is 35.5. The van der Waals surface area contributed by atoms with Crippen LogP contribution in [0.4, 0.5) is 0 Å². The van der Waals surface area contributed by atoms with Gasteiger partial charge in [0, 0.05) is 17.8 Å². The summed E-state index contributed by atoms with van der Waals surface area (Å²) in [4.78, 5) is 23.0. The van der Waals surface area contributed by atoms with Gasteiger partial charge in [-0.05, 0) is 6.07 Å². The number of rotatable bonds is 2. The molecule has 0 spiro atoms. The van der Waals surface area contributed by atoms with Crippen LogP contribution in [0, 0.1) is 0 Å². The minimum Gasteiger partial charge on any atom is -0.305 e. The van der Waals surface area contributed by atoms with Gasteiger partial charge in [0.15, 0.2) is 5.82 Å². The fraction of sp³-hybridized carbons (Fsp3) is 0. The Morgan fingerprint density at radius 2 is 1.81 bits per heavy atom. The lowest BCUT2D eigenvalue weighted by Gasteiger charge is -2.06. The number of pyridine rings is 1. The molecule has 1 N–H and O–H groups in total. The van der Waals surface area contributed by atoms with Crippen molar-refractivity contribution in [2.45, 2.75) is 0 Å². The van der Waals surface area contributed by atoms with Gasteiger partial charge in [0.05, 0.1) is 15.7 Å². The average molecular weight is 318 g/mol. The molecule has 0 bridgehead atoms. The molecule has 1 aromatic carbocycles. The summed E-state index contributed by atoms with van der Waals surface area (Å²) in [5, 5.41) is 0.751. The monoisotopic (exact) mass is 317 g/mol. The van der Waals surface area contributed by atoms with Gasteiger partial charge in [-0.3, -0.25) is 4.79 Å². The maximum atomic E-state index is 11.8. The van der Waals surface area contributed by atoms with Gasteiger partial charge in [0.1, 0.15) is 5.69 Å². The molecule has 104 valence electrons. The number of halogens is 2. The molecule has 6 heteroatoms. The van der Waals surface area contributed by atoms with Crippen LogP contribution in [0.3, 0.4) is 0 Å². The van der Waals surface area contributed by atoms with Crippen molar-refractivity contribution in [1.29, 1.82) is 0 Å². The van der Waals surface area contributed by atoms with Crippen molar-refractivity contribution in [3.05, 3.63) is 69.1 Å². The van der Waals surface area contributed by atoms with Gasteiger partial charge in [-0.25, -0.2) is 9.97 Å². The third kappa shape index (κ3) is 2.96. The SMILES string of the molecule is O=c1cc(-c2ccccc2)nc(-c2ncc(Cl)cc2Cl)[nH]1. The lowest BCUT2D eigenvalue weighted by molar-refractivity contribution is 1.11. The fourth-order valence-corrected chi connectivity index (χ4v) is 2.39. The van der Waals surface area contributed by atoms with Crippen molar-refractivity contribution < 1.29 is 0 Å². The number of aromatic nitrogens is 3. The Kier molecular flexibility index (Phi) is 3.73. The summed E-state index contributed by atoms with van der Waals surface area (Å²) in [6.07, 6.45) is 1.46. The van der Waals surface area contributed by atoms with Crippen LogP contribution < -0.4 is 5.56 Å². The first-order valence-corrected chi connectivity index (χ1v) is 6.87. The molecular formula is C15H9Cl2N3O. The topological polar surface area (TPSA) is 58.6 Å². The van der Waals surface area contributed by atoms with Crippen LogP contribution in [0.2, 0.25) is 10.0 Å². The van der Waals surface area contributed by atoms with Gasteiger partial charge >= 0.3 is 0 Å². The molecule has 21 heavy (non-hydrogen) atoms. The summed E-state index contributed by atoms with van der Waals surface area (Å²) in [6.45, 7) is 0. The quantitative estimate of drug-likeness (QED) is 0.782. The lowest BCUT2D eigenvalue weighted by atomic mass is 10.1. The van der Waals surface area contributed by atoms with Gasteiger partial charge in [-0.15, -0.1) is 0 Å². The number of H-pyrrole nitrogens is 1. The van der Waals surface area contributed by atoms with Gasteiger partial charge in [0.2, 0.25) is 0 Å². The number of nitrogens with one attached hydrogen (secondary N) is 1. The van der Waals surface area contributed by atoms with Crippen LogP contribution in [0.15, 0.2) is 53.5 Å². The first-order valence-electron chi connectivity index (χ1n) is 6.12. The predicted octanol–water partition coefficient (Wildman–Crippen LogP) is 3.81. The largest absolute Gasteiger partial charge is 0.305 e. The second kappa shape index (κ2) is 5.68. The standard InChI is InChI=1S/C15H9Cl2N3O/c16-10-6-11(17)14(18-8-10)15-19-12(7-13(21)20-15)9-4-2-1-3-5-9/h1-8H,(H,19,20,21). The van der Waals surface area contributed by atoms with E-state index in [1.54, 1.807) is 6.07 Å². The minimum absolute atomic E-state index is 0.272. The van der Waals surface area contributed by atoms with E-state index in [9.17, 15) is 4.79 Å². The smallest absolute Gasteiger partial charge is 0.251 e. The molecule has 3 rings (SSSR count). The molecule has 0 aliphatic rings. The number of benzene rings is 1. The van der Waals surface area contributed by atoms with E-state index in [1.807, 2.05) is 30.3 Å². The van der Waals surface area contributed by atoms with Crippen LogP contribution in [0.1, 0.15) is 0 Å². The molecule has 4 nitrogen and oxygen atoms in total. The van der Waals surface area contributed by atoms with Crippen molar-refractivity contribution >= 4 is 23.2 Å². The third-order valence-electron chi connectivity index (χ3n) is 2.84. The summed E-state index contributed by atoms with van der Waals surface area (Å²) in [7, 11) is 0. The van der Waals surface area contributed by atoms with E-state index >= 15 is 0 Å². The molecule has 0 unspecified atom stereocenters. The zero-order chi connectivity index (χ0) is 14.8. The van der Waals surface area contributed by atoms with Gasteiger partial charge < -0.3 is 4.98 Å². The lowest BCUT2D eigenvalue weighted by Crippen LogP contribution is -2.09. The Morgan fingerprint density at radius 3 is 2.52 bits per heavy atom. The summed E-state index contributed by atoms with van der Waals surface area (Å²) in [6, 6.07) is 12.4. The van der Waals surface area contributed by atoms with Crippen LogP contribution in [0.5, 0.6) is 0 Å². The van der Waals surface area contributed by atoms with E-state index in [0.717, 1.165) is 5.56 Å². The minimum atomic E-state index is -0.272. The number of hydrogen-bond acceptors (Lipinski definition) is 3. The number of aromatic amines is 1. The highest BCUT2D eigenvalue weighted by molar-refractivity contribution is 6.35. The van der Waals surface area contributed by atoms with Gasteiger partial charge in [-0.2, -0.15) is 0 Å². The fourth-order valence-electron chi connectivity index (χ4n) is 1.92. The molecule has 0 saturated heterocycles. The Hall–Kier alpha value is -2.17. The van der Waals surface area contributed by atoms with Crippen LogP contribution in [-0.4, -0.2) is 15.0 Å². The highest BCUT2D eigenvalue weighted by Gasteiger charge is 2.11. The van der Waals surface area contributed by atoms with Crippen molar-refractivity contribution in [3.8, 4) is 22.8 Å². The Morgan fingerprint density at radius 1 is 1.05 bits per heavy atom. The molecule has 2 heterocycles. The molecule has 0 atom stereocenters. The second-order valence-electron chi connectivity index (χ2n) is 4.33. The maximum absolute atomic E-state index is 11.8. The average Bonchev–Trinajstić information content (AvgIpc) is 2.47. The van der Waals surface area contributed by atoms with E-state index in [4.69, 9.17) is 23.2 Å². The Labute approximate surface area is 130 Å². The maximum Gasteiger partial charge on any atom is 0.251 e. The van der Waals surface area contributed by atoms with E-state index in [1.165, 1.54) is 12.3 Å². The Balaban J connectivity index is 2.16. The van der Waals surface area contributed by atoms with E-state index < -0.39 is 0 Å². The van der Waals surface area contributed by atoms with E-state index in [-0.39, 0.29) is 5.56 Å². The van der Waals surface area contributed by atoms with Crippen molar-refractivity contribution in [1.82, 2.24) is 15.0 Å². The second-order valence-corrected chi connectivity index (χ2v) is 5.17. The summed E-state index contributed by atoms with van der Waals surface area (Å²) < 4.78 is 0. The normalized spacial score (nSPS) is 10.6. The zero-order valence-electron chi connectivity index (χ0n) is 10.7. The van der Waals surface area contributed by atoms with Crippen LogP contribution in [0.25, 0.3) is 22.8 Å². The molecule has 2 aromatic heterocycles. The summed E-state index contributed by atoms with van der Waals surface area (Å²) in [5.74, 6) is 0.308. The third-order valence-corrected chi connectivity index (χ3v) is 3.34. The molecule has 3 aromatic rings. The number of hydrogen-bond donors (Lipinski definition) is 1. The number of nitrogens with zero attached hydrogens (tertiary/aromatic N) is 2. The Bertz CT molecular complexity index is 847. The molecule has 0 radical (unpaired) electrons. The van der Waals surface area contributed by atoms with Crippen molar-refractivity contribution in [2.24, 2.45) is 0 Å². The molecule has 0 saturated carbocycles. The van der Waals surface area contributed by atoms with Crippen molar-refractivity contribution in [2.75, 3.05) is 0 Å². The molecule has 0 aliphatic carbocycles. The first kappa shape index (κ1) is 13.8. The zero-order valence-corrected chi connectivity index (χ0v) is 12.2. The van der Waals surface area contributed by atoms with Gasteiger partial charge in [-0.1, -0.05) is 53.5 Å². The van der Waals surface area contributed by atoms with E-state index in [0.29, 0.717) is 27.3 Å². The van der Waals surface area contributed by atoms with E-state index in [2.05, 4.69) is 15.0 Å². The highest BCUT2D eigenvalue weighted by Crippen LogP contribution is 2.26.